The molecule has 1 spiro atoms. The number of piperidine rings is 1. The SMILES string of the molecule is O=C(NC1CCN(C2CCCCC2)CC1)NC1C2CCOC2C12CCCC2. The Balaban J connectivity index is 1.11. The molecule has 2 aliphatic heterocycles. The Bertz CT molecular complexity index is 534. The molecular weight excluding hydrogens is 338 g/mol. The van der Waals surface area contributed by atoms with Gasteiger partial charge in [0.25, 0.3) is 0 Å². The predicted molar refractivity (Wildman–Crippen MR) is 106 cm³/mol. The fraction of sp³-hybridized carbons (Fsp3) is 0.955. The Morgan fingerprint density at radius 1 is 0.889 bits per heavy atom. The van der Waals surface area contributed by atoms with Gasteiger partial charge in [0, 0.05) is 49.2 Å². The van der Waals surface area contributed by atoms with E-state index >= 15 is 0 Å². The number of rotatable bonds is 3. The summed E-state index contributed by atoms with van der Waals surface area (Å²) in [6, 6.07) is 1.58. The summed E-state index contributed by atoms with van der Waals surface area (Å²) in [7, 11) is 0. The van der Waals surface area contributed by atoms with Crippen molar-refractivity contribution >= 4 is 6.03 Å². The van der Waals surface area contributed by atoms with E-state index < -0.39 is 0 Å². The molecule has 152 valence electrons. The summed E-state index contributed by atoms with van der Waals surface area (Å²) in [4.78, 5) is 15.4. The molecule has 0 aromatic heterocycles. The number of amides is 2. The number of carbonyl (C=O) groups is 1. The molecule has 0 bridgehead atoms. The van der Waals surface area contributed by atoms with Crippen LogP contribution in [0, 0.1) is 11.3 Å². The predicted octanol–water partition coefficient (Wildman–Crippen LogP) is 3.43. The van der Waals surface area contributed by atoms with Gasteiger partial charge in [0.05, 0.1) is 6.10 Å². The molecule has 5 fully saturated rings. The molecule has 3 unspecified atom stereocenters. The lowest BCUT2D eigenvalue weighted by atomic mass is 9.54. The highest BCUT2D eigenvalue weighted by Gasteiger charge is 2.65. The van der Waals surface area contributed by atoms with Crippen LogP contribution in [0.1, 0.15) is 77.0 Å². The molecular formula is C22H37N3O2. The molecule has 0 aromatic carbocycles. The van der Waals surface area contributed by atoms with Gasteiger partial charge in [-0.3, -0.25) is 0 Å². The first-order valence-electron chi connectivity index (χ1n) is 11.7. The molecule has 2 heterocycles. The van der Waals surface area contributed by atoms with Crippen molar-refractivity contribution in [3.8, 4) is 0 Å². The molecule has 3 saturated carbocycles. The van der Waals surface area contributed by atoms with Gasteiger partial charge in [0.2, 0.25) is 0 Å². The Kier molecular flexibility index (Phi) is 5.10. The summed E-state index contributed by atoms with van der Waals surface area (Å²) < 4.78 is 6.04. The number of ether oxygens (including phenoxy) is 1. The second-order valence-corrected chi connectivity index (χ2v) is 9.88. The van der Waals surface area contributed by atoms with Gasteiger partial charge in [0.15, 0.2) is 0 Å². The van der Waals surface area contributed by atoms with Crippen molar-refractivity contribution in [1.82, 2.24) is 15.5 Å². The van der Waals surface area contributed by atoms with Crippen LogP contribution in [0.2, 0.25) is 0 Å². The normalized spacial score (nSPS) is 37.1. The number of likely N-dealkylation sites (tertiary alicyclic amines) is 1. The molecule has 27 heavy (non-hydrogen) atoms. The first kappa shape index (κ1) is 18.2. The molecule has 5 aliphatic rings. The monoisotopic (exact) mass is 375 g/mol. The minimum Gasteiger partial charge on any atom is -0.377 e. The molecule has 2 N–H and O–H groups in total. The average Bonchev–Trinajstić information content (AvgIpc) is 3.37. The largest absolute Gasteiger partial charge is 0.377 e. The summed E-state index contributed by atoms with van der Waals surface area (Å²) in [6.07, 6.45) is 15.8. The van der Waals surface area contributed by atoms with Gasteiger partial charge in [-0.1, -0.05) is 32.1 Å². The minimum atomic E-state index is 0.0766. The maximum Gasteiger partial charge on any atom is 0.315 e. The van der Waals surface area contributed by atoms with Crippen molar-refractivity contribution in [2.75, 3.05) is 19.7 Å². The van der Waals surface area contributed by atoms with E-state index in [1.54, 1.807) is 0 Å². The molecule has 5 rings (SSSR count). The Morgan fingerprint density at radius 2 is 1.63 bits per heavy atom. The van der Waals surface area contributed by atoms with Crippen molar-refractivity contribution in [3.63, 3.8) is 0 Å². The summed E-state index contributed by atoms with van der Waals surface area (Å²) >= 11 is 0. The van der Waals surface area contributed by atoms with Crippen LogP contribution >= 0.6 is 0 Å². The van der Waals surface area contributed by atoms with Gasteiger partial charge in [-0.05, 0) is 44.9 Å². The van der Waals surface area contributed by atoms with Gasteiger partial charge in [-0.15, -0.1) is 0 Å². The van der Waals surface area contributed by atoms with E-state index in [4.69, 9.17) is 4.74 Å². The van der Waals surface area contributed by atoms with Crippen molar-refractivity contribution in [2.45, 2.75) is 101 Å². The summed E-state index contributed by atoms with van der Waals surface area (Å²) in [5, 5.41) is 6.71. The van der Waals surface area contributed by atoms with Crippen molar-refractivity contribution in [2.24, 2.45) is 11.3 Å². The third-order valence-electron chi connectivity index (χ3n) is 8.53. The summed E-state index contributed by atoms with van der Waals surface area (Å²) in [6.45, 7) is 3.19. The zero-order chi connectivity index (χ0) is 18.3. The summed E-state index contributed by atoms with van der Waals surface area (Å²) in [5.41, 5.74) is 0.253. The lowest BCUT2D eigenvalue weighted by molar-refractivity contribution is -0.126. The number of nitrogens with one attached hydrogen (secondary N) is 2. The third kappa shape index (κ3) is 3.29. The van der Waals surface area contributed by atoms with E-state index in [1.807, 2.05) is 0 Å². The highest BCUT2D eigenvalue weighted by molar-refractivity contribution is 5.75. The number of urea groups is 1. The van der Waals surface area contributed by atoms with E-state index in [1.165, 1.54) is 57.8 Å². The van der Waals surface area contributed by atoms with E-state index in [9.17, 15) is 4.79 Å². The van der Waals surface area contributed by atoms with Crippen molar-refractivity contribution in [3.05, 3.63) is 0 Å². The number of hydrogen-bond donors (Lipinski definition) is 2. The standard InChI is InChI=1S/C22H37N3O2/c26-21(23-16-8-13-25(14-9-16)17-6-2-1-3-7-17)24-19-18-10-15-27-20(18)22(19)11-4-5-12-22/h16-20H,1-15H2,(H2,23,24,26). The van der Waals surface area contributed by atoms with Gasteiger partial charge >= 0.3 is 6.03 Å². The van der Waals surface area contributed by atoms with Crippen LogP contribution in [-0.4, -0.2) is 54.9 Å². The maximum absolute atomic E-state index is 12.7. The first-order valence-corrected chi connectivity index (χ1v) is 11.7. The maximum atomic E-state index is 12.7. The van der Waals surface area contributed by atoms with Crippen LogP contribution in [-0.2, 0) is 4.74 Å². The van der Waals surface area contributed by atoms with Gasteiger partial charge in [-0.25, -0.2) is 4.79 Å². The molecule has 5 nitrogen and oxygen atoms in total. The van der Waals surface area contributed by atoms with Crippen LogP contribution in [0.3, 0.4) is 0 Å². The van der Waals surface area contributed by atoms with Gasteiger partial charge in [0.1, 0.15) is 0 Å². The van der Waals surface area contributed by atoms with Crippen LogP contribution in [0.5, 0.6) is 0 Å². The van der Waals surface area contributed by atoms with Crippen LogP contribution in [0.4, 0.5) is 4.79 Å². The second-order valence-electron chi connectivity index (χ2n) is 9.88. The smallest absolute Gasteiger partial charge is 0.315 e. The van der Waals surface area contributed by atoms with E-state index in [0.29, 0.717) is 24.1 Å². The molecule has 2 saturated heterocycles. The molecule has 3 atom stereocenters. The fourth-order valence-electron chi connectivity index (χ4n) is 7.13. The topological polar surface area (TPSA) is 53.6 Å². The average molecular weight is 376 g/mol. The lowest BCUT2D eigenvalue weighted by Gasteiger charge is -2.56. The van der Waals surface area contributed by atoms with Crippen molar-refractivity contribution in [1.29, 1.82) is 0 Å². The van der Waals surface area contributed by atoms with Crippen molar-refractivity contribution < 1.29 is 9.53 Å². The highest BCUT2D eigenvalue weighted by atomic mass is 16.5. The Hall–Kier alpha value is -0.810. The molecule has 5 heteroatoms. The molecule has 3 aliphatic carbocycles. The Labute approximate surface area is 164 Å². The van der Waals surface area contributed by atoms with Gasteiger partial charge < -0.3 is 20.3 Å². The minimum absolute atomic E-state index is 0.0766. The zero-order valence-electron chi connectivity index (χ0n) is 16.8. The Morgan fingerprint density at radius 3 is 2.37 bits per heavy atom. The summed E-state index contributed by atoms with van der Waals surface area (Å²) in [5.74, 6) is 0.557. The first-order chi connectivity index (χ1) is 13.3. The van der Waals surface area contributed by atoms with Crippen LogP contribution in [0.15, 0.2) is 0 Å². The third-order valence-corrected chi connectivity index (χ3v) is 8.53. The van der Waals surface area contributed by atoms with E-state index in [0.717, 1.165) is 45.0 Å². The van der Waals surface area contributed by atoms with E-state index in [-0.39, 0.29) is 11.4 Å². The number of nitrogens with zero attached hydrogens (tertiary/aromatic N) is 1. The lowest BCUT2D eigenvalue weighted by Crippen LogP contribution is -2.69. The molecule has 0 radical (unpaired) electrons. The number of hydrogen-bond acceptors (Lipinski definition) is 3. The zero-order valence-corrected chi connectivity index (χ0v) is 16.8. The number of carbonyl (C=O) groups excluding carboxylic acids is 1. The van der Waals surface area contributed by atoms with Crippen LogP contribution < -0.4 is 10.6 Å². The van der Waals surface area contributed by atoms with E-state index in [2.05, 4.69) is 15.5 Å². The quantitative estimate of drug-likeness (QED) is 0.795. The molecule has 2 amide bonds. The molecule has 0 aromatic rings. The fourth-order valence-corrected chi connectivity index (χ4v) is 7.13. The van der Waals surface area contributed by atoms with Gasteiger partial charge in [-0.2, -0.15) is 0 Å². The second kappa shape index (κ2) is 7.55. The van der Waals surface area contributed by atoms with Crippen LogP contribution in [0.25, 0.3) is 0 Å². The number of fused-ring (bicyclic) bond motifs is 2. The highest BCUT2D eigenvalue weighted by Crippen LogP contribution is 2.60.